The van der Waals surface area contributed by atoms with E-state index < -0.39 is 0 Å². The molecule has 1 amide bonds. The first-order valence-electron chi connectivity index (χ1n) is 7.24. The molecule has 4 heteroatoms. The first-order valence-corrected chi connectivity index (χ1v) is 7.24. The Bertz CT molecular complexity index is 465. The average Bonchev–Trinajstić information content (AvgIpc) is 2.86. The van der Waals surface area contributed by atoms with Crippen LogP contribution in [0.5, 0.6) is 5.75 Å². The van der Waals surface area contributed by atoms with E-state index >= 15 is 0 Å². The molecule has 2 rings (SSSR count). The Morgan fingerprint density at radius 2 is 2.05 bits per heavy atom. The van der Waals surface area contributed by atoms with E-state index in [1.54, 1.807) is 18.2 Å². The lowest BCUT2D eigenvalue weighted by Gasteiger charge is -2.36. The number of carbonyl (C=O) groups is 1. The van der Waals surface area contributed by atoms with Crippen LogP contribution in [-0.2, 0) is 11.2 Å². The molecule has 0 aliphatic heterocycles. The maximum absolute atomic E-state index is 12.0. The number of nitrogens with zero attached hydrogens (tertiary/aromatic N) is 1. The molecule has 0 spiro atoms. The molecule has 110 valence electrons. The number of phenols is 1. The van der Waals surface area contributed by atoms with Gasteiger partial charge < -0.3 is 15.3 Å². The lowest BCUT2D eigenvalue weighted by atomic mass is 9.96. The molecule has 1 aromatic rings. The van der Waals surface area contributed by atoms with Crippen molar-refractivity contribution in [2.45, 2.75) is 37.6 Å². The van der Waals surface area contributed by atoms with Crippen molar-refractivity contribution in [3.63, 3.8) is 0 Å². The van der Waals surface area contributed by atoms with Crippen LogP contribution in [0.15, 0.2) is 24.3 Å². The molecule has 0 aromatic heterocycles. The second-order valence-electron chi connectivity index (χ2n) is 5.95. The summed E-state index contributed by atoms with van der Waals surface area (Å²) in [7, 11) is 4.18. The van der Waals surface area contributed by atoms with Gasteiger partial charge in [-0.05, 0) is 44.6 Å². The van der Waals surface area contributed by atoms with E-state index in [9.17, 15) is 9.90 Å². The number of carbonyl (C=O) groups excluding carboxylic acids is 1. The van der Waals surface area contributed by atoms with E-state index in [0.29, 0.717) is 13.0 Å². The summed E-state index contributed by atoms with van der Waals surface area (Å²) in [5.41, 5.74) is 0.960. The molecule has 0 unspecified atom stereocenters. The van der Waals surface area contributed by atoms with Crippen LogP contribution < -0.4 is 5.32 Å². The molecule has 0 heterocycles. The number of hydrogen-bond acceptors (Lipinski definition) is 3. The molecule has 4 nitrogen and oxygen atoms in total. The largest absolute Gasteiger partial charge is 0.508 e. The smallest absolute Gasteiger partial charge is 0.224 e. The van der Waals surface area contributed by atoms with Crippen molar-refractivity contribution in [3.05, 3.63) is 29.8 Å². The van der Waals surface area contributed by atoms with Gasteiger partial charge in [0.2, 0.25) is 5.91 Å². The number of nitrogens with one attached hydrogen (secondary N) is 1. The van der Waals surface area contributed by atoms with Crippen LogP contribution in [0.3, 0.4) is 0 Å². The molecule has 20 heavy (non-hydrogen) atoms. The van der Waals surface area contributed by atoms with Gasteiger partial charge in [0.1, 0.15) is 5.75 Å². The maximum Gasteiger partial charge on any atom is 0.224 e. The molecule has 1 aliphatic rings. The fourth-order valence-electron chi connectivity index (χ4n) is 2.99. The average molecular weight is 276 g/mol. The normalized spacial score (nSPS) is 17.4. The first-order chi connectivity index (χ1) is 9.52. The summed E-state index contributed by atoms with van der Waals surface area (Å²) >= 11 is 0. The summed E-state index contributed by atoms with van der Waals surface area (Å²) in [6, 6.07) is 6.87. The highest BCUT2D eigenvalue weighted by molar-refractivity contribution is 5.78. The summed E-state index contributed by atoms with van der Waals surface area (Å²) in [4.78, 5) is 14.3. The number of phenolic OH excluding ortho intramolecular Hbond substituents is 1. The van der Waals surface area contributed by atoms with Crippen molar-refractivity contribution in [1.29, 1.82) is 0 Å². The van der Waals surface area contributed by atoms with Crippen molar-refractivity contribution >= 4 is 5.91 Å². The fraction of sp³-hybridized carbons (Fsp3) is 0.562. The number of likely N-dealkylation sites (N-methyl/N-ethyl adjacent to an activating group) is 1. The van der Waals surface area contributed by atoms with Crippen molar-refractivity contribution in [3.8, 4) is 5.75 Å². The zero-order chi connectivity index (χ0) is 14.6. The summed E-state index contributed by atoms with van der Waals surface area (Å²) in [6.45, 7) is 0.706. The molecule has 2 N–H and O–H groups in total. The highest BCUT2D eigenvalue weighted by Crippen LogP contribution is 2.33. The standard InChI is InChI=1S/C16H24N2O2/c1-18(2)16(8-3-4-9-16)12-17-15(20)11-13-6-5-7-14(19)10-13/h5-7,10,19H,3-4,8-9,11-12H2,1-2H3,(H,17,20). The Kier molecular flexibility index (Phi) is 4.65. The fourth-order valence-corrected chi connectivity index (χ4v) is 2.99. The summed E-state index contributed by atoms with van der Waals surface area (Å²) in [5.74, 6) is 0.222. The van der Waals surface area contributed by atoms with Crippen molar-refractivity contribution in [2.24, 2.45) is 0 Å². The molecule has 0 radical (unpaired) electrons. The second-order valence-corrected chi connectivity index (χ2v) is 5.95. The van der Waals surface area contributed by atoms with Gasteiger partial charge in [0.05, 0.1) is 6.42 Å². The van der Waals surface area contributed by atoms with Gasteiger partial charge in [0, 0.05) is 12.1 Å². The van der Waals surface area contributed by atoms with Gasteiger partial charge >= 0.3 is 0 Å². The Labute approximate surface area is 120 Å². The van der Waals surface area contributed by atoms with Gasteiger partial charge in [0.15, 0.2) is 0 Å². The minimum Gasteiger partial charge on any atom is -0.508 e. The minimum atomic E-state index is 0.0173. The van der Waals surface area contributed by atoms with Gasteiger partial charge in [-0.3, -0.25) is 4.79 Å². The van der Waals surface area contributed by atoms with Crippen LogP contribution in [0.2, 0.25) is 0 Å². The first kappa shape index (κ1) is 14.9. The third-order valence-electron chi connectivity index (χ3n) is 4.37. The Hall–Kier alpha value is -1.55. The lowest BCUT2D eigenvalue weighted by Crippen LogP contribution is -2.51. The maximum atomic E-state index is 12.0. The van der Waals surface area contributed by atoms with E-state index in [4.69, 9.17) is 0 Å². The number of benzene rings is 1. The van der Waals surface area contributed by atoms with Gasteiger partial charge in [-0.2, -0.15) is 0 Å². The van der Waals surface area contributed by atoms with Crippen LogP contribution >= 0.6 is 0 Å². The Balaban J connectivity index is 1.88. The molecule has 1 fully saturated rings. The molecule has 0 bridgehead atoms. The summed E-state index contributed by atoms with van der Waals surface area (Å²) < 4.78 is 0. The molecular formula is C16H24N2O2. The Morgan fingerprint density at radius 3 is 2.65 bits per heavy atom. The molecule has 0 atom stereocenters. The van der Waals surface area contributed by atoms with Crippen molar-refractivity contribution < 1.29 is 9.90 Å². The van der Waals surface area contributed by atoms with Crippen LogP contribution in [0, 0.1) is 0 Å². The van der Waals surface area contributed by atoms with Crippen molar-refractivity contribution in [1.82, 2.24) is 10.2 Å². The van der Waals surface area contributed by atoms with Gasteiger partial charge in [-0.15, -0.1) is 0 Å². The highest BCUT2D eigenvalue weighted by atomic mass is 16.3. The van der Waals surface area contributed by atoms with Gasteiger partial charge in [-0.25, -0.2) is 0 Å². The lowest BCUT2D eigenvalue weighted by molar-refractivity contribution is -0.121. The molecular weight excluding hydrogens is 252 g/mol. The molecule has 1 aromatic carbocycles. The highest BCUT2D eigenvalue weighted by Gasteiger charge is 2.35. The topological polar surface area (TPSA) is 52.6 Å². The SMILES string of the molecule is CN(C)C1(CNC(=O)Cc2cccc(O)c2)CCCC1. The van der Waals surface area contributed by atoms with Gasteiger partial charge in [0.25, 0.3) is 0 Å². The predicted octanol–water partition coefficient (Wildman–Crippen LogP) is 1.93. The monoisotopic (exact) mass is 276 g/mol. The predicted molar refractivity (Wildman–Crippen MR) is 79.7 cm³/mol. The number of amides is 1. The second kappa shape index (κ2) is 6.27. The molecule has 1 aliphatic carbocycles. The van der Waals surface area contributed by atoms with Crippen LogP contribution in [0.1, 0.15) is 31.2 Å². The molecule has 0 saturated heterocycles. The van der Waals surface area contributed by atoms with Gasteiger partial charge in [-0.1, -0.05) is 25.0 Å². The Morgan fingerprint density at radius 1 is 1.35 bits per heavy atom. The zero-order valence-corrected chi connectivity index (χ0v) is 12.4. The van der Waals surface area contributed by atoms with Crippen LogP contribution in [0.25, 0.3) is 0 Å². The van der Waals surface area contributed by atoms with Crippen LogP contribution in [0.4, 0.5) is 0 Å². The number of aromatic hydroxyl groups is 1. The third-order valence-corrected chi connectivity index (χ3v) is 4.37. The van der Waals surface area contributed by atoms with Crippen molar-refractivity contribution in [2.75, 3.05) is 20.6 Å². The summed E-state index contributed by atoms with van der Waals surface area (Å²) in [6.07, 6.45) is 5.08. The number of rotatable bonds is 5. The van der Waals surface area contributed by atoms with E-state index in [1.165, 1.54) is 12.8 Å². The van der Waals surface area contributed by atoms with E-state index in [1.807, 2.05) is 6.07 Å². The quantitative estimate of drug-likeness (QED) is 0.864. The van der Waals surface area contributed by atoms with E-state index in [2.05, 4.69) is 24.3 Å². The van der Waals surface area contributed by atoms with E-state index in [-0.39, 0.29) is 17.2 Å². The molecule has 1 saturated carbocycles. The van der Waals surface area contributed by atoms with Crippen LogP contribution in [-0.4, -0.2) is 42.1 Å². The number of hydrogen-bond donors (Lipinski definition) is 2. The van der Waals surface area contributed by atoms with E-state index in [0.717, 1.165) is 18.4 Å². The zero-order valence-electron chi connectivity index (χ0n) is 12.4. The summed E-state index contributed by atoms with van der Waals surface area (Å²) in [5, 5.41) is 12.5. The minimum absolute atomic E-state index is 0.0173. The third kappa shape index (κ3) is 3.51.